The van der Waals surface area contributed by atoms with Crippen molar-refractivity contribution in [1.29, 1.82) is 0 Å². The number of nitrogens with zero attached hydrogens (tertiary/aromatic N) is 6. The minimum atomic E-state index is -3.57. The second kappa shape index (κ2) is 18.0. The molecule has 0 bridgehead atoms. The van der Waals surface area contributed by atoms with Crippen LogP contribution in [0.15, 0.2) is 23.2 Å². The Labute approximate surface area is 291 Å². The Morgan fingerprint density at radius 2 is 1.19 bits per heavy atom. The molecule has 0 amide bonds. The Bertz CT molecular complexity index is 1570. The molecule has 0 aromatic carbocycles. The van der Waals surface area contributed by atoms with Crippen molar-refractivity contribution in [2.75, 3.05) is 41.4 Å². The first-order valence-corrected chi connectivity index (χ1v) is 18.1. The first kappa shape index (κ1) is 44.8. The van der Waals surface area contributed by atoms with Gasteiger partial charge in [0.05, 0.1) is 59.7 Å². The molecule has 14 nitrogen and oxygen atoms in total. The molecule has 1 fully saturated rings. The standard InChI is InChI=1S/C11H19N3O3S.C10H19BO3.C7H12BrN3O2S.CH4/c1-6-17-8-7-11-12-9(2)10(3)14(11)18(15,16)13(4)5;1-6-12-8-7-11-13-9(2,3)10(4,5)14-11;1-5-6(2)11(7(8)9-5)14(12,13)10(3)4;/h7-8H,6H2,1-5H3;7-8H,6H2,1-5H3;1-4H3;1H4/b2*8-7+;;. The summed E-state index contributed by atoms with van der Waals surface area (Å²) < 4.78 is 74.6. The van der Waals surface area contributed by atoms with E-state index >= 15 is 0 Å². The highest BCUT2D eigenvalue weighted by molar-refractivity contribution is 9.10. The minimum absolute atomic E-state index is 0. The molecule has 0 spiro atoms. The molecular formula is C29H54BBrN6O8S2. The van der Waals surface area contributed by atoms with Crippen LogP contribution in [0.5, 0.6) is 0 Å². The molecule has 0 aliphatic carbocycles. The van der Waals surface area contributed by atoms with Gasteiger partial charge in [0.1, 0.15) is 0 Å². The van der Waals surface area contributed by atoms with Gasteiger partial charge in [-0.2, -0.15) is 25.4 Å². The van der Waals surface area contributed by atoms with Crippen molar-refractivity contribution < 1.29 is 35.6 Å². The molecule has 18 heteroatoms. The molecule has 2 aromatic rings. The molecule has 270 valence electrons. The van der Waals surface area contributed by atoms with Crippen molar-refractivity contribution in [3.8, 4) is 0 Å². The normalized spacial score (nSPS) is 15.8. The van der Waals surface area contributed by atoms with Gasteiger partial charge in [-0.15, -0.1) is 0 Å². The number of aromatic nitrogens is 4. The van der Waals surface area contributed by atoms with Crippen LogP contribution in [-0.2, 0) is 39.2 Å². The van der Waals surface area contributed by atoms with Crippen LogP contribution in [0.1, 0.15) is 77.6 Å². The van der Waals surface area contributed by atoms with Crippen LogP contribution >= 0.6 is 15.9 Å². The number of aryl methyl sites for hydroxylation is 2. The van der Waals surface area contributed by atoms with Crippen molar-refractivity contribution in [3.05, 3.63) is 51.8 Å². The smallest absolute Gasteiger partial charge is 0.490 e. The average molecular weight is 770 g/mol. The molecule has 0 saturated carbocycles. The molecule has 1 aliphatic rings. The number of hydrogen-bond donors (Lipinski definition) is 0. The van der Waals surface area contributed by atoms with Crippen LogP contribution in [-0.4, -0.2) is 103 Å². The van der Waals surface area contributed by atoms with Gasteiger partial charge in [-0.1, -0.05) is 7.43 Å². The quantitative estimate of drug-likeness (QED) is 0.242. The zero-order valence-corrected chi connectivity index (χ0v) is 32.7. The van der Waals surface area contributed by atoms with Crippen LogP contribution in [0.25, 0.3) is 6.08 Å². The summed E-state index contributed by atoms with van der Waals surface area (Å²) in [5.41, 5.74) is 2.05. The zero-order valence-electron chi connectivity index (χ0n) is 29.4. The number of rotatable bonds is 10. The second-order valence-electron chi connectivity index (χ2n) is 11.5. The summed E-state index contributed by atoms with van der Waals surface area (Å²) in [4.78, 5) is 8.25. The van der Waals surface area contributed by atoms with E-state index in [0.29, 0.717) is 46.5 Å². The highest BCUT2D eigenvalue weighted by Gasteiger charge is 2.50. The van der Waals surface area contributed by atoms with Gasteiger partial charge in [0.15, 0.2) is 10.6 Å². The molecule has 47 heavy (non-hydrogen) atoms. The maximum atomic E-state index is 12.2. The third-order valence-corrected chi connectivity index (χ3v) is 11.7. The van der Waals surface area contributed by atoms with E-state index in [0.717, 1.165) is 8.61 Å². The fraction of sp³-hybridized carbons (Fsp3) is 0.655. The summed E-state index contributed by atoms with van der Waals surface area (Å²) in [5, 5.41) is 0. The number of halogens is 1. The summed E-state index contributed by atoms with van der Waals surface area (Å²) in [5.74, 6) is 2.13. The van der Waals surface area contributed by atoms with Crippen molar-refractivity contribution in [2.45, 2.75) is 87.9 Å². The van der Waals surface area contributed by atoms with Gasteiger partial charge in [0, 0.05) is 34.3 Å². The largest absolute Gasteiger partial charge is 0.502 e. The third kappa shape index (κ3) is 11.2. The number of imidazole rings is 2. The molecule has 0 atom stereocenters. The average Bonchev–Trinajstić information content (AvgIpc) is 3.44. The predicted octanol–water partition coefficient (Wildman–Crippen LogP) is 4.88. The Morgan fingerprint density at radius 3 is 1.60 bits per heavy atom. The molecule has 3 rings (SSSR count). The van der Waals surface area contributed by atoms with Gasteiger partial charge >= 0.3 is 27.5 Å². The van der Waals surface area contributed by atoms with Gasteiger partial charge in [-0.05, 0) is 91.1 Å². The van der Waals surface area contributed by atoms with Gasteiger partial charge < -0.3 is 18.8 Å². The highest BCUT2D eigenvalue weighted by atomic mass is 79.9. The lowest BCUT2D eigenvalue weighted by Crippen LogP contribution is -2.41. The van der Waals surface area contributed by atoms with E-state index in [1.165, 1.54) is 42.4 Å². The second-order valence-corrected chi connectivity index (χ2v) is 16.2. The summed E-state index contributed by atoms with van der Waals surface area (Å²) in [6.07, 6.45) is 4.62. The third-order valence-electron chi connectivity index (χ3n) is 7.21. The van der Waals surface area contributed by atoms with E-state index in [4.69, 9.17) is 18.8 Å². The highest BCUT2D eigenvalue weighted by Crippen LogP contribution is 2.36. The fourth-order valence-electron chi connectivity index (χ4n) is 3.55. The van der Waals surface area contributed by atoms with Crippen molar-refractivity contribution in [1.82, 2.24) is 26.5 Å². The van der Waals surface area contributed by atoms with E-state index in [-0.39, 0.29) is 25.7 Å². The van der Waals surface area contributed by atoms with Crippen molar-refractivity contribution in [2.24, 2.45) is 0 Å². The van der Waals surface area contributed by atoms with Crippen LogP contribution in [0.2, 0.25) is 0 Å². The van der Waals surface area contributed by atoms with Crippen molar-refractivity contribution in [3.63, 3.8) is 0 Å². The first-order valence-electron chi connectivity index (χ1n) is 14.5. The zero-order chi connectivity index (χ0) is 35.8. The Morgan fingerprint density at radius 1 is 0.787 bits per heavy atom. The van der Waals surface area contributed by atoms with Gasteiger partial charge in [-0.25, -0.2) is 17.9 Å². The van der Waals surface area contributed by atoms with Crippen LogP contribution in [0.3, 0.4) is 0 Å². The molecule has 1 saturated heterocycles. The van der Waals surface area contributed by atoms with Crippen LogP contribution < -0.4 is 0 Å². The van der Waals surface area contributed by atoms with Crippen LogP contribution in [0.4, 0.5) is 0 Å². The van der Waals surface area contributed by atoms with Gasteiger partial charge in [0.25, 0.3) is 0 Å². The van der Waals surface area contributed by atoms with Crippen LogP contribution in [0, 0.1) is 27.7 Å². The van der Waals surface area contributed by atoms with Gasteiger partial charge in [0.2, 0.25) is 0 Å². The lowest BCUT2D eigenvalue weighted by Gasteiger charge is -2.32. The molecule has 3 heterocycles. The molecular weight excluding hydrogens is 715 g/mol. The van der Waals surface area contributed by atoms with E-state index < -0.39 is 20.4 Å². The Kier molecular flexibility index (Phi) is 17.1. The summed E-state index contributed by atoms with van der Waals surface area (Å²) >= 11 is 3.12. The molecule has 0 radical (unpaired) electrons. The molecule has 1 aliphatic heterocycles. The predicted molar refractivity (Wildman–Crippen MR) is 191 cm³/mol. The molecule has 0 N–H and O–H groups in total. The SMILES string of the molecule is C.CCO/C=C/B1OC(C)(C)C(C)(C)O1.CCO/C=C/c1nc(C)c(C)n1S(=O)(=O)N(C)C.Cc1nc(Br)n(S(=O)(=O)N(C)C)c1C. The van der Waals surface area contributed by atoms with Crippen molar-refractivity contribution >= 4 is 49.5 Å². The van der Waals surface area contributed by atoms with E-state index in [1.807, 2.05) is 41.5 Å². The summed E-state index contributed by atoms with van der Waals surface area (Å²) in [7, 11) is -1.41. The number of hydrogen-bond acceptors (Lipinski definition) is 10. The molecule has 0 unspecified atom stereocenters. The summed E-state index contributed by atoms with van der Waals surface area (Å²) in [6.45, 7) is 20.1. The molecule has 2 aromatic heterocycles. The maximum absolute atomic E-state index is 12.2. The maximum Gasteiger partial charge on any atom is 0.490 e. The lowest BCUT2D eigenvalue weighted by molar-refractivity contribution is 0.00578. The Balaban J connectivity index is 0.000000676. The topological polar surface area (TPSA) is 147 Å². The van der Waals surface area contributed by atoms with Gasteiger partial charge in [-0.3, -0.25) is 0 Å². The first-order chi connectivity index (χ1) is 21.0. The van der Waals surface area contributed by atoms with E-state index in [1.54, 1.807) is 46.0 Å². The number of ether oxygens (including phenoxy) is 2. The fourth-order valence-corrected chi connectivity index (χ4v) is 6.81. The lowest BCUT2D eigenvalue weighted by atomic mass is 9.90. The Hall–Kier alpha value is -2.22. The van der Waals surface area contributed by atoms with E-state index in [2.05, 4.69) is 25.9 Å². The monoisotopic (exact) mass is 768 g/mol. The summed E-state index contributed by atoms with van der Waals surface area (Å²) in [6, 6.07) is 0. The van der Waals surface area contributed by atoms with E-state index in [9.17, 15) is 16.8 Å². The minimum Gasteiger partial charge on any atom is -0.502 e.